The number of carbonyl (C=O) groups is 1. The van der Waals surface area contributed by atoms with Gasteiger partial charge in [-0.2, -0.15) is 12.7 Å². The minimum absolute atomic E-state index is 0.159. The van der Waals surface area contributed by atoms with Crippen LogP contribution >= 0.6 is 0 Å². The summed E-state index contributed by atoms with van der Waals surface area (Å²) >= 11 is 0. The molecule has 2 aromatic rings. The van der Waals surface area contributed by atoms with E-state index in [1.54, 1.807) is 24.3 Å². The average Bonchev–Trinajstić information content (AvgIpc) is 2.78. The van der Waals surface area contributed by atoms with Crippen LogP contribution in [-0.2, 0) is 10.2 Å². The number of benzene rings is 2. The molecule has 168 valence electrons. The van der Waals surface area contributed by atoms with Gasteiger partial charge in [-0.3, -0.25) is 9.10 Å². The van der Waals surface area contributed by atoms with E-state index in [4.69, 9.17) is 4.74 Å². The van der Waals surface area contributed by atoms with E-state index in [9.17, 15) is 13.2 Å². The highest BCUT2D eigenvalue weighted by Gasteiger charge is 2.39. The first-order chi connectivity index (χ1) is 14.6. The van der Waals surface area contributed by atoms with Gasteiger partial charge in [0, 0.05) is 38.7 Å². The summed E-state index contributed by atoms with van der Waals surface area (Å²) in [5.74, 6) is 0.612. The van der Waals surface area contributed by atoms with E-state index in [0.717, 1.165) is 28.5 Å². The third-order valence-corrected chi connectivity index (χ3v) is 7.92. The van der Waals surface area contributed by atoms with Crippen LogP contribution in [-0.4, -0.2) is 45.4 Å². The van der Waals surface area contributed by atoms with Crippen molar-refractivity contribution in [3.63, 3.8) is 0 Å². The number of para-hydroxylation sites is 1. The Bertz CT molecular complexity index is 1030. The molecule has 1 amide bonds. The van der Waals surface area contributed by atoms with E-state index < -0.39 is 10.2 Å². The molecule has 2 aromatic carbocycles. The second-order valence-corrected chi connectivity index (χ2v) is 10.2. The van der Waals surface area contributed by atoms with Gasteiger partial charge in [0.25, 0.3) is 5.91 Å². The first kappa shape index (κ1) is 23.1. The molecular weight excluding hydrogens is 414 g/mol. The monoisotopic (exact) mass is 445 g/mol. The third kappa shape index (κ3) is 4.55. The second kappa shape index (κ2) is 8.88. The number of nitrogens with zero attached hydrogens (tertiary/aromatic N) is 2. The van der Waals surface area contributed by atoms with Gasteiger partial charge in [0.15, 0.2) is 0 Å². The number of nitrogens with one attached hydrogen (secondary N) is 1. The van der Waals surface area contributed by atoms with E-state index in [1.807, 2.05) is 24.3 Å². The maximum Gasteiger partial charge on any atom is 0.303 e. The van der Waals surface area contributed by atoms with E-state index in [2.05, 4.69) is 19.2 Å². The lowest BCUT2D eigenvalue weighted by Gasteiger charge is -2.41. The second-order valence-electron chi connectivity index (χ2n) is 8.06. The summed E-state index contributed by atoms with van der Waals surface area (Å²) in [4.78, 5) is 13.0. The van der Waals surface area contributed by atoms with E-state index >= 15 is 0 Å². The molecule has 0 aromatic heterocycles. The molecule has 1 aliphatic rings. The minimum atomic E-state index is -3.59. The first-order valence-corrected chi connectivity index (χ1v) is 11.9. The van der Waals surface area contributed by atoms with Crippen LogP contribution in [0.5, 0.6) is 5.75 Å². The van der Waals surface area contributed by atoms with Gasteiger partial charge in [0.05, 0.1) is 11.7 Å². The lowest BCUT2D eigenvalue weighted by molar-refractivity contribution is 0.0227. The summed E-state index contributed by atoms with van der Waals surface area (Å²) in [6.07, 6.45) is 2.40. The van der Waals surface area contributed by atoms with Crippen molar-refractivity contribution in [1.29, 1.82) is 0 Å². The van der Waals surface area contributed by atoms with Crippen LogP contribution in [0.15, 0.2) is 48.5 Å². The predicted molar refractivity (Wildman–Crippen MR) is 123 cm³/mol. The molecule has 0 aliphatic carbocycles. The fourth-order valence-corrected chi connectivity index (χ4v) is 4.75. The van der Waals surface area contributed by atoms with Crippen molar-refractivity contribution in [3.8, 4) is 5.75 Å². The third-order valence-electron chi connectivity index (χ3n) is 6.09. The van der Waals surface area contributed by atoms with E-state index in [-0.39, 0.29) is 17.6 Å². The van der Waals surface area contributed by atoms with Crippen molar-refractivity contribution in [3.05, 3.63) is 59.7 Å². The summed E-state index contributed by atoms with van der Waals surface area (Å²) in [5.41, 5.74) is 1.63. The Hall–Kier alpha value is -2.58. The fourth-order valence-electron chi connectivity index (χ4n) is 3.87. The molecule has 1 atom stereocenters. The number of hydrogen-bond acceptors (Lipinski definition) is 4. The molecule has 1 aliphatic heterocycles. The summed E-state index contributed by atoms with van der Waals surface area (Å²) in [6, 6.07) is 14.2. The van der Waals surface area contributed by atoms with Gasteiger partial charge < -0.3 is 10.1 Å². The van der Waals surface area contributed by atoms with Gasteiger partial charge in [-0.25, -0.2) is 0 Å². The Morgan fingerprint density at radius 3 is 2.26 bits per heavy atom. The normalized spacial score (nSPS) is 17.5. The fraction of sp³-hybridized carbons (Fsp3) is 0.435. The summed E-state index contributed by atoms with van der Waals surface area (Å²) in [5, 5.41) is 3.15. The van der Waals surface area contributed by atoms with Crippen molar-refractivity contribution in [2.45, 2.75) is 44.8 Å². The van der Waals surface area contributed by atoms with E-state index in [1.165, 1.54) is 25.4 Å². The van der Waals surface area contributed by atoms with Crippen LogP contribution in [0.3, 0.4) is 0 Å². The Labute approximate surface area is 185 Å². The van der Waals surface area contributed by atoms with Crippen molar-refractivity contribution in [2.24, 2.45) is 0 Å². The van der Waals surface area contributed by atoms with Crippen LogP contribution in [0.2, 0.25) is 0 Å². The molecule has 0 radical (unpaired) electrons. The molecule has 1 heterocycles. The predicted octanol–water partition coefficient (Wildman–Crippen LogP) is 3.74. The quantitative estimate of drug-likeness (QED) is 0.704. The Morgan fingerprint density at radius 1 is 1.06 bits per heavy atom. The minimum Gasteiger partial charge on any atom is -0.487 e. The first-order valence-electron chi connectivity index (χ1n) is 10.5. The number of hydrogen-bond donors (Lipinski definition) is 1. The van der Waals surface area contributed by atoms with Crippen molar-refractivity contribution < 1.29 is 17.9 Å². The largest absolute Gasteiger partial charge is 0.487 e. The van der Waals surface area contributed by atoms with Crippen molar-refractivity contribution in [1.82, 2.24) is 9.62 Å². The van der Waals surface area contributed by atoms with E-state index in [0.29, 0.717) is 17.7 Å². The molecule has 8 heteroatoms. The van der Waals surface area contributed by atoms with Gasteiger partial charge in [-0.05, 0) is 43.2 Å². The van der Waals surface area contributed by atoms with Gasteiger partial charge in [-0.1, -0.05) is 32.0 Å². The lowest BCUT2D eigenvalue weighted by Crippen LogP contribution is -2.44. The number of rotatable bonds is 7. The Morgan fingerprint density at radius 2 is 1.68 bits per heavy atom. The average molecular weight is 446 g/mol. The molecule has 0 bridgehead atoms. The summed E-state index contributed by atoms with van der Waals surface area (Å²) < 4.78 is 33.2. The Kier molecular flexibility index (Phi) is 6.62. The number of fused-ring (bicyclic) bond motifs is 1. The number of amides is 1. The molecule has 1 unspecified atom stereocenters. The lowest BCUT2D eigenvalue weighted by atomic mass is 9.83. The van der Waals surface area contributed by atoms with Crippen molar-refractivity contribution in [2.75, 3.05) is 25.4 Å². The molecule has 0 spiro atoms. The van der Waals surface area contributed by atoms with Crippen LogP contribution in [0, 0.1) is 0 Å². The molecule has 7 nitrogen and oxygen atoms in total. The molecule has 31 heavy (non-hydrogen) atoms. The summed E-state index contributed by atoms with van der Waals surface area (Å²) in [6.45, 7) is 4.21. The standard InChI is InChI=1S/C23H31N3O4S/c1-6-23(7-2)16-20(19-10-8-9-11-21(19)30-23)24-22(27)17-12-14-18(15-13-17)26(5)31(28,29)25(3)4/h8-15,20H,6-7,16H2,1-5H3,(H,24,27). The van der Waals surface area contributed by atoms with Crippen molar-refractivity contribution >= 4 is 21.8 Å². The zero-order valence-corrected chi connectivity index (χ0v) is 19.6. The number of anilines is 1. The SMILES string of the molecule is CCC1(CC)CC(NC(=O)c2ccc(N(C)S(=O)(=O)N(C)C)cc2)c2ccccc2O1. The van der Waals surface area contributed by atoms with Gasteiger partial charge in [0.2, 0.25) is 0 Å². The Balaban J connectivity index is 1.81. The topological polar surface area (TPSA) is 79.0 Å². The highest BCUT2D eigenvalue weighted by atomic mass is 32.2. The van der Waals surface area contributed by atoms with Crippen LogP contribution in [0.4, 0.5) is 5.69 Å². The van der Waals surface area contributed by atoms with Crippen LogP contribution < -0.4 is 14.4 Å². The zero-order valence-electron chi connectivity index (χ0n) is 18.8. The maximum absolute atomic E-state index is 13.0. The van der Waals surface area contributed by atoms with Gasteiger partial charge in [0.1, 0.15) is 11.4 Å². The van der Waals surface area contributed by atoms with Gasteiger partial charge >= 0.3 is 10.2 Å². The van der Waals surface area contributed by atoms with Crippen LogP contribution in [0.1, 0.15) is 55.1 Å². The summed E-state index contributed by atoms with van der Waals surface area (Å²) in [7, 11) is 0.855. The molecule has 0 saturated heterocycles. The number of ether oxygens (including phenoxy) is 1. The molecular formula is C23H31N3O4S. The molecule has 0 saturated carbocycles. The smallest absolute Gasteiger partial charge is 0.303 e. The highest BCUT2D eigenvalue weighted by molar-refractivity contribution is 7.90. The highest BCUT2D eigenvalue weighted by Crippen LogP contribution is 2.42. The molecule has 0 fully saturated rings. The maximum atomic E-state index is 13.0. The molecule has 3 rings (SSSR count). The van der Waals surface area contributed by atoms with Crippen LogP contribution in [0.25, 0.3) is 0 Å². The number of carbonyl (C=O) groups excluding carboxylic acids is 1. The zero-order chi connectivity index (χ0) is 22.8. The van der Waals surface area contributed by atoms with Gasteiger partial charge in [-0.15, -0.1) is 0 Å². The molecule has 1 N–H and O–H groups in total.